The average Bonchev–Trinajstić information content (AvgIpc) is 2.60. The van der Waals surface area contributed by atoms with Gasteiger partial charge in [-0.05, 0) is 48.4 Å². The van der Waals surface area contributed by atoms with Gasteiger partial charge in [0.15, 0.2) is 6.20 Å². The molecule has 0 saturated heterocycles. The molecule has 1 nitrogen and oxygen atoms in total. The molecule has 138 valence electrons. The van der Waals surface area contributed by atoms with Crippen LogP contribution >= 0.6 is 0 Å². The zero-order chi connectivity index (χ0) is 18.5. The monoisotopic (exact) mass is 387 g/mol. The van der Waals surface area contributed by atoms with Gasteiger partial charge in [0.05, 0.1) is 10.9 Å². The summed E-state index contributed by atoms with van der Waals surface area (Å²) < 4.78 is 41.3. The molecule has 1 heterocycles. The minimum absolute atomic E-state index is 0. The molecule has 4 rings (SSSR count). The van der Waals surface area contributed by atoms with Gasteiger partial charge in [-0.1, -0.05) is 30.3 Å². The summed E-state index contributed by atoms with van der Waals surface area (Å²) in [5.41, 5.74) is 2.84. The number of aryl methyl sites for hydroxylation is 2. The minimum atomic E-state index is -4.35. The Balaban J connectivity index is 0.00000210. The lowest BCUT2D eigenvalue weighted by Crippen LogP contribution is -3.00. The number of alkyl halides is 3. The van der Waals surface area contributed by atoms with E-state index in [9.17, 15) is 13.2 Å². The molecule has 0 N–H and O–H groups in total. The van der Waals surface area contributed by atoms with Crippen LogP contribution in [0.1, 0.15) is 11.1 Å². The number of rotatable bonds is 1. The van der Waals surface area contributed by atoms with Gasteiger partial charge in [-0.3, -0.25) is 0 Å². The number of hydrogen-bond donors (Lipinski definition) is 0. The molecule has 0 aliphatic heterocycles. The predicted octanol–water partition coefficient (Wildman–Crippen LogP) is 2.82. The normalized spacial score (nSPS) is 11.6. The van der Waals surface area contributed by atoms with E-state index in [0.717, 1.165) is 38.9 Å². The van der Waals surface area contributed by atoms with Crippen molar-refractivity contribution in [2.24, 2.45) is 7.05 Å². The molecule has 0 unspecified atom stereocenters. The second-order valence-corrected chi connectivity index (χ2v) is 6.60. The highest BCUT2D eigenvalue weighted by Gasteiger charge is 2.30. The zero-order valence-corrected chi connectivity index (χ0v) is 15.6. The second-order valence-electron chi connectivity index (χ2n) is 6.60. The van der Waals surface area contributed by atoms with E-state index in [4.69, 9.17) is 0 Å². The Bertz CT molecular complexity index is 1150. The topological polar surface area (TPSA) is 3.88 Å². The van der Waals surface area contributed by atoms with E-state index < -0.39 is 11.7 Å². The third kappa shape index (κ3) is 3.37. The summed E-state index contributed by atoms with van der Waals surface area (Å²) >= 11 is 0. The van der Waals surface area contributed by atoms with Crippen molar-refractivity contribution in [1.29, 1.82) is 0 Å². The highest BCUT2D eigenvalue weighted by molar-refractivity contribution is 6.06. The maximum Gasteiger partial charge on any atom is 0.416 e. The fraction of sp³-hybridized carbons (Fsp3) is 0.136. The zero-order valence-electron chi connectivity index (χ0n) is 14.8. The van der Waals surface area contributed by atoms with Gasteiger partial charge in [0.25, 0.3) is 0 Å². The van der Waals surface area contributed by atoms with Crippen LogP contribution in [0, 0.1) is 6.92 Å². The predicted molar refractivity (Wildman–Crippen MR) is 97.8 cm³/mol. The number of benzene rings is 3. The minimum Gasteiger partial charge on any atom is -1.00 e. The van der Waals surface area contributed by atoms with Crippen LogP contribution in [0.15, 0.2) is 66.9 Å². The maximum atomic E-state index is 13.1. The van der Waals surface area contributed by atoms with Crippen molar-refractivity contribution in [3.8, 4) is 11.1 Å². The number of fused-ring (bicyclic) bond motifs is 3. The third-order valence-electron chi connectivity index (χ3n) is 4.76. The van der Waals surface area contributed by atoms with Crippen molar-refractivity contribution in [2.45, 2.75) is 13.1 Å². The van der Waals surface area contributed by atoms with Crippen LogP contribution < -0.4 is 17.0 Å². The van der Waals surface area contributed by atoms with E-state index in [-0.39, 0.29) is 12.4 Å². The molecule has 0 saturated carbocycles. The van der Waals surface area contributed by atoms with Gasteiger partial charge in [-0.15, -0.1) is 0 Å². The fourth-order valence-electron chi connectivity index (χ4n) is 3.62. The van der Waals surface area contributed by atoms with Gasteiger partial charge in [0, 0.05) is 16.3 Å². The molecule has 1 aromatic heterocycles. The first kappa shape index (κ1) is 19.2. The Hall–Kier alpha value is -2.59. The summed E-state index contributed by atoms with van der Waals surface area (Å²) in [5, 5.41) is 3.23. The van der Waals surface area contributed by atoms with Crippen LogP contribution in [0.3, 0.4) is 0 Å². The first-order valence-electron chi connectivity index (χ1n) is 8.34. The quantitative estimate of drug-likeness (QED) is 0.349. The van der Waals surface area contributed by atoms with Crippen molar-refractivity contribution in [3.05, 3.63) is 78.0 Å². The summed E-state index contributed by atoms with van der Waals surface area (Å²) in [6, 6.07) is 17.5. The number of pyridine rings is 1. The van der Waals surface area contributed by atoms with Crippen LogP contribution in [-0.4, -0.2) is 0 Å². The van der Waals surface area contributed by atoms with Crippen molar-refractivity contribution in [2.75, 3.05) is 0 Å². The third-order valence-corrected chi connectivity index (χ3v) is 4.76. The van der Waals surface area contributed by atoms with Gasteiger partial charge in [-0.2, -0.15) is 13.2 Å². The summed E-state index contributed by atoms with van der Waals surface area (Å²) in [5.74, 6) is 0. The molecule has 0 amide bonds. The van der Waals surface area contributed by atoms with Crippen molar-refractivity contribution >= 4 is 21.7 Å². The van der Waals surface area contributed by atoms with Crippen molar-refractivity contribution in [1.82, 2.24) is 0 Å². The van der Waals surface area contributed by atoms with E-state index in [2.05, 4.69) is 10.8 Å². The Morgan fingerprint density at radius 1 is 0.815 bits per heavy atom. The lowest BCUT2D eigenvalue weighted by molar-refractivity contribution is -0.643. The molecule has 0 fully saturated rings. The van der Waals surface area contributed by atoms with E-state index >= 15 is 0 Å². The van der Waals surface area contributed by atoms with Crippen LogP contribution in [0.2, 0.25) is 0 Å². The highest BCUT2D eigenvalue weighted by atomic mass is 35.5. The van der Waals surface area contributed by atoms with Gasteiger partial charge < -0.3 is 12.4 Å². The van der Waals surface area contributed by atoms with Gasteiger partial charge in [0.1, 0.15) is 7.05 Å². The molecule has 3 aromatic carbocycles. The Morgan fingerprint density at radius 3 is 2.30 bits per heavy atom. The highest BCUT2D eigenvalue weighted by Crippen LogP contribution is 2.34. The standard InChI is InChI=1S/C22H17F3N.ClH/c1-14-10-17(15-7-5-8-18(11-15)22(23,24)25)12-20-19-9-4-3-6-16(19)13-26(2)21(14)20;/h3-13H,1-2H3;1H/q+1;/p-1. The van der Waals surface area contributed by atoms with Crippen molar-refractivity contribution < 1.29 is 30.1 Å². The molecule has 5 heteroatoms. The Kier molecular flexibility index (Phi) is 4.87. The summed E-state index contributed by atoms with van der Waals surface area (Å²) in [7, 11) is 1.99. The van der Waals surface area contributed by atoms with E-state index in [1.807, 2.05) is 50.4 Å². The largest absolute Gasteiger partial charge is 1.00 e. The van der Waals surface area contributed by atoms with E-state index in [1.54, 1.807) is 6.07 Å². The number of hydrogen-bond acceptors (Lipinski definition) is 0. The molecule has 0 atom stereocenters. The molecular weight excluding hydrogens is 371 g/mol. The molecule has 0 aliphatic carbocycles. The number of halogens is 4. The lowest BCUT2D eigenvalue weighted by atomic mass is 9.96. The fourth-order valence-corrected chi connectivity index (χ4v) is 3.62. The Morgan fingerprint density at radius 2 is 1.56 bits per heavy atom. The smallest absolute Gasteiger partial charge is 0.416 e. The van der Waals surface area contributed by atoms with Crippen LogP contribution in [0.4, 0.5) is 13.2 Å². The maximum absolute atomic E-state index is 13.1. The molecule has 0 radical (unpaired) electrons. The van der Waals surface area contributed by atoms with Gasteiger partial charge >= 0.3 is 6.18 Å². The SMILES string of the molecule is Cc1cc(-c2cccc(C(F)(F)F)c2)cc2c3ccccc3c[n+](C)c12.[Cl-]. The molecule has 4 aromatic rings. The van der Waals surface area contributed by atoms with Crippen LogP contribution in [0.5, 0.6) is 0 Å². The van der Waals surface area contributed by atoms with E-state index in [1.165, 1.54) is 12.1 Å². The van der Waals surface area contributed by atoms with Crippen molar-refractivity contribution in [3.63, 3.8) is 0 Å². The Labute approximate surface area is 161 Å². The molecular formula is C22H17ClF3N. The number of nitrogens with zero attached hydrogens (tertiary/aromatic N) is 1. The first-order valence-corrected chi connectivity index (χ1v) is 8.34. The summed E-state index contributed by atoms with van der Waals surface area (Å²) in [4.78, 5) is 0. The van der Waals surface area contributed by atoms with Gasteiger partial charge in [0.2, 0.25) is 5.52 Å². The van der Waals surface area contributed by atoms with Gasteiger partial charge in [-0.25, -0.2) is 4.57 Å². The second kappa shape index (κ2) is 6.86. The molecule has 0 bridgehead atoms. The summed E-state index contributed by atoms with van der Waals surface area (Å²) in [6.07, 6.45) is -2.27. The molecule has 27 heavy (non-hydrogen) atoms. The summed E-state index contributed by atoms with van der Waals surface area (Å²) in [6.45, 7) is 1.99. The molecule has 0 aliphatic rings. The molecule has 0 spiro atoms. The van der Waals surface area contributed by atoms with E-state index in [0.29, 0.717) is 5.56 Å². The van der Waals surface area contributed by atoms with Crippen LogP contribution in [0.25, 0.3) is 32.8 Å². The van der Waals surface area contributed by atoms with Crippen LogP contribution in [-0.2, 0) is 13.2 Å². The average molecular weight is 388 g/mol. The lowest BCUT2D eigenvalue weighted by Gasteiger charge is -2.11. The number of aromatic nitrogens is 1. The first-order chi connectivity index (χ1) is 12.3.